The molecule has 2 aromatic carbocycles. The van der Waals surface area contributed by atoms with Gasteiger partial charge in [0, 0.05) is 11.3 Å². The zero-order chi connectivity index (χ0) is 16.1. The minimum Gasteiger partial charge on any atom is -0.493 e. The molecule has 2 aromatic rings. The molecule has 22 heavy (non-hydrogen) atoms. The van der Waals surface area contributed by atoms with E-state index in [0.717, 1.165) is 5.56 Å². The first-order valence-corrected chi connectivity index (χ1v) is 6.86. The van der Waals surface area contributed by atoms with E-state index in [1.54, 1.807) is 56.5 Å². The van der Waals surface area contributed by atoms with E-state index in [2.05, 4.69) is 5.32 Å². The topological polar surface area (TPSA) is 67.8 Å². The highest BCUT2D eigenvalue weighted by Gasteiger charge is 2.11. The van der Waals surface area contributed by atoms with Crippen molar-refractivity contribution in [3.05, 3.63) is 53.6 Å². The van der Waals surface area contributed by atoms with Crippen LogP contribution in [-0.2, 0) is 0 Å². The molecule has 0 saturated carbocycles. The van der Waals surface area contributed by atoms with E-state index >= 15 is 0 Å². The van der Waals surface area contributed by atoms with Gasteiger partial charge >= 0.3 is 0 Å². The second-order valence-corrected chi connectivity index (χ2v) is 4.83. The van der Waals surface area contributed by atoms with E-state index in [9.17, 15) is 9.90 Å². The molecule has 1 amide bonds. The second kappa shape index (κ2) is 6.95. The molecule has 0 spiro atoms. The first-order chi connectivity index (χ1) is 10.5. The van der Waals surface area contributed by atoms with Crippen molar-refractivity contribution in [2.75, 3.05) is 19.5 Å². The van der Waals surface area contributed by atoms with Gasteiger partial charge in [0.05, 0.1) is 20.3 Å². The number of methoxy groups -OCH3 is 2. The third-order valence-electron chi connectivity index (χ3n) is 3.27. The first-order valence-electron chi connectivity index (χ1n) is 6.86. The minimum absolute atomic E-state index is 0.260. The number of ether oxygens (including phenoxy) is 2. The first kappa shape index (κ1) is 15.9. The van der Waals surface area contributed by atoms with Crippen molar-refractivity contribution < 1.29 is 19.4 Å². The van der Waals surface area contributed by atoms with Crippen LogP contribution in [0.25, 0.3) is 0 Å². The zero-order valence-corrected chi connectivity index (χ0v) is 12.8. The van der Waals surface area contributed by atoms with E-state index in [0.29, 0.717) is 22.7 Å². The Kier molecular flexibility index (Phi) is 5.01. The molecule has 0 aliphatic carbocycles. The third-order valence-corrected chi connectivity index (χ3v) is 3.27. The number of aliphatic hydroxyl groups excluding tert-OH is 1. The van der Waals surface area contributed by atoms with Gasteiger partial charge in [0.25, 0.3) is 5.91 Å². The van der Waals surface area contributed by atoms with E-state index in [-0.39, 0.29) is 5.91 Å². The molecule has 0 saturated heterocycles. The van der Waals surface area contributed by atoms with Crippen LogP contribution in [0.3, 0.4) is 0 Å². The van der Waals surface area contributed by atoms with Crippen LogP contribution in [0.15, 0.2) is 42.5 Å². The molecule has 0 aromatic heterocycles. The normalized spacial score (nSPS) is 11.6. The molecule has 0 heterocycles. The van der Waals surface area contributed by atoms with Crippen molar-refractivity contribution in [2.45, 2.75) is 13.0 Å². The largest absolute Gasteiger partial charge is 0.493 e. The third kappa shape index (κ3) is 3.56. The summed E-state index contributed by atoms with van der Waals surface area (Å²) in [5, 5.41) is 12.4. The number of carbonyl (C=O) groups excluding carboxylic acids is 1. The van der Waals surface area contributed by atoms with E-state index in [1.165, 1.54) is 7.11 Å². The lowest BCUT2D eigenvalue weighted by molar-refractivity contribution is 0.102. The average molecular weight is 301 g/mol. The lowest BCUT2D eigenvalue weighted by Crippen LogP contribution is -2.12. The summed E-state index contributed by atoms with van der Waals surface area (Å²) in [5.41, 5.74) is 1.82. The summed E-state index contributed by atoms with van der Waals surface area (Å²) in [6.45, 7) is 1.68. The van der Waals surface area contributed by atoms with Crippen molar-refractivity contribution in [2.24, 2.45) is 0 Å². The number of benzene rings is 2. The Hall–Kier alpha value is -2.53. The molecular formula is C17H19NO4. The summed E-state index contributed by atoms with van der Waals surface area (Å²) >= 11 is 0. The molecular weight excluding hydrogens is 282 g/mol. The molecule has 0 aliphatic heterocycles. The predicted octanol–water partition coefficient (Wildman–Crippen LogP) is 3.01. The van der Waals surface area contributed by atoms with Crippen LogP contribution < -0.4 is 14.8 Å². The fourth-order valence-electron chi connectivity index (χ4n) is 2.06. The highest BCUT2D eigenvalue weighted by Crippen LogP contribution is 2.28. The number of rotatable bonds is 5. The Morgan fingerprint density at radius 3 is 2.45 bits per heavy atom. The maximum atomic E-state index is 12.3. The van der Waals surface area contributed by atoms with Gasteiger partial charge in [0.2, 0.25) is 0 Å². The average Bonchev–Trinajstić information content (AvgIpc) is 2.54. The lowest BCUT2D eigenvalue weighted by atomic mass is 10.1. The van der Waals surface area contributed by atoms with Gasteiger partial charge in [0.15, 0.2) is 11.5 Å². The van der Waals surface area contributed by atoms with Gasteiger partial charge in [-0.15, -0.1) is 0 Å². The molecule has 116 valence electrons. The van der Waals surface area contributed by atoms with Crippen LogP contribution >= 0.6 is 0 Å². The number of aliphatic hydroxyl groups is 1. The van der Waals surface area contributed by atoms with Gasteiger partial charge in [0.1, 0.15) is 0 Å². The Morgan fingerprint density at radius 1 is 1.09 bits per heavy atom. The zero-order valence-electron chi connectivity index (χ0n) is 12.8. The molecule has 1 atom stereocenters. The number of amides is 1. The highest BCUT2D eigenvalue weighted by atomic mass is 16.5. The van der Waals surface area contributed by atoms with Gasteiger partial charge in [-0.2, -0.15) is 0 Å². The van der Waals surface area contributed by atoms with Crippen LogP contribution in [0.5, 0.6) is 11.5 Å². The van der Waals surface area contributed by atoms with Crippen LogP contribution in [0.4, 0.5) is 5.69 Å². The summed E-state index contributed by atoms with van der Waals surface area (Å²) in [7, 11) is 3.06. The highest BCUT2D eigenvalue weighted by molar-refractivity contribution is 6.04. The number of carbonyl (C=O) groups is 1. The molecule has 2 N–H and O–H groups in total. The van der Waals surface area contributed by atoms with Crippen LogP contribution in [-0.4, -0.2) is 25.2 Å². The Balaban J connectivity index is 2.20. The Bertz CT molecular complexity index is 667. The summed E-state index contributed by atoms with van der Waals surface area (Å²) < 4.78 is 10.3. The van der Waals surface area contributed by atoms with Crippen molar-refractivity contribution in [3.63, 3.8) is 0 Å². The lowest BCUT2D eigenvalue weighted by Gasteiger charge is -2.11. The van der Waals surface area contributed by atoms with Crippen molar-refractivity contribution >= 4 is 11.6 Å². The number of nitrogens with one attached hydrogen (secondary N) is 1. The maximum Gasteiger partial charge on any atom is 0.255 e. The van der Waals surface area contributed by atoms with Crippen LogP contribution in [0, 0.1) is 0 Å². The van der Waals surface area contributed by atoms with E-state index < -0.39 is 6.10 Å². The molecule has 0 aliphatic rings. The standard InChI is InChI=1S/C17H19NO4/c1-11(19)12-5-4-6-14(9-12)18-17(20)13-7-8-15(21-2)16(10-13)22-3/h4-11,19H,1-3H3,(H,18,20)/t11-/m0/s1. The van der Waals surface area contributed by atoms with Crippen LogP contribution in [0.1, 0.15) is 28.9 Å². The molecule has 5 heteroatoms. The fourth-order valence-corrected chi connectivity index (χ4v) is 2.06. The number of hydrogen-bond donors (Lipinski definition) is 2. The molecule has 5 nitrogen and oxygen atoms in total. The molecule has 0 radical (unpaired) electrons. The Labute approximate surface area is 129 Å². The van der Waals surface area contributed by atoms with Gasteiger partial charge < -0.3 is 19.9 Å². The van der Waals surface area contributed by atoms with Gasteiger partial charge in [-0.3, -0.25) is 4.79 Å². The number of hydrogen-bond acceptors (Lipinski definition) is 4. The molecule has 0 bridgehead atoms. The van der Waals surface area contributed by atoms with Gasteiger partial charge in [-0.25, -0.2) is 0 Å². The van der Waals surface area contributed by atoms with Crippen molar-refractivity contribution in [3.8, 4) is 11.5 Å². The SMILES string of the molecule is COc1ccc(C(=O)Nc2cccc([C@H](C)O)c2)cc1OC. The summed E-state index contributed by atoms with van der Waals surface area (Å²) in [6.07, 6.45) is -0.585. The quantitative estimate of drug-likeness (QED) is 0.891. The van der Waals surface area contributed by atoms with E-state index in [1.807, 2.05) is 0 Å². The number of anilines is 1. The van der Waals surface area contributed by atoms with Crippen molar-refractivity contribution in [1.82, 2.24) is 0 Å². The van der Waals surface area contributed by atoms with E-state index in [4.69, 9.17) is 9.47 Å². The smallest absolute Gasteiger partial charge is 0.255 e. The van der Waals surface area contributed by atoms with Gasteiger partial charge in [-0.1, -0.05) is 12.1 Å². The van der Waals surface area contributed by atoms with Crippen molar-refractivity contribution in [1.29, 1.82) is 0 Å². The summed E-state index contributed by atoms with van der Waals surface area (Å²) in [5.74, 6) is 0.798. The molecule has 0 unspecified atom stereocenters. The monoisotopic (exact) mass is 301 g/mol. The summed E-state index contributed by atoms with van der Waals surface area (Å²) in [6, 6.07) is 12.1. The van der Waals surface area contributed by atoms with Crippen LogP contribution in [0.2, 0.25) is 0 Å². The second-order valence-electron chi connectivity index (χ2n) is 4.83. The Morgan fingerprint density at radius 2 is 1.82 bits per heavy atom. The summed E-state index contributed by atoms with van der Waals surface area (Å²) in [4.78, 5) is 12.3. The van der Waals surface area contributed by atoms with Gasteiger partial charge in [-0.05, 0) is 42.8 Å². The minimum atomic E-state index is -0.585. The maximum absolute atomic E-state index is 12.3. The predicted molar refractivity (Wildman–Crippen MR) is 84.6 cm³/mol. The fraction of sp³-hybridized carbons (Fsp3) is 0.235. The molecule has 2 rings (SSSR count). The molecule has 0 fully saturated rings.